The molecule has 1 aromatic carbocycles. The van der Waals surface area contributed by atoms with E-state index >= 15 is 0 Å². The lowest BCUT2D eigenvalue weighted by atomic mass is 9.95. The Balaban J connectivity index is 3.41. The number of aryl methyl sites for hydroxylation is 1. The van der Waals surface area contributed by atoms with Gasteiger partial charge in [0.15, 0.2) is 0 Å². The van der Waals surface area contributed by atoms with Crippen molar-refractivity contribution < 1.29 is 33.8 Å². The zero-order valence-electron chi connectivity index (χ0n) is 20.3. The van der Waals surface area contributed by atoms with Crippen LogP contribution in [0.25, 0.3) is 0 Å². The molecule has 34 heavy (non-hydrogen) atoms. The van der Waals surface area contributed by atoms with Gasteiger partial charge in [-0.05, 0) is 51.3 Å². The number of esters is 1. The molecule has 0 heterocycles. The maximum absolute atomic E-state index is 13.3. The van der Waals surface area contributed by atoms with Crippen molar-refractivity contribution in [3.05, 3.63) is 34.9 Å². The van der Waals surface area contributed by atoms with E-state index in [-0.39, 0.29) is 0 Å². The Hall–Kier alpha value is -3.65. The van der Waals surface area contributed by atoms with Crippen LogP contribution in [0.15, 0.2) is 18.2 Å². The number of amides is 3. The third kappa shape index (κ3) is 8.04. The summed E-state index contributed by atoms with van der Waals surface area (Å²) in [6.45, 7) is 6.68. The zero-order chi connectivity index (χ0) is 26.1. The minimum absolute atomic E-state index is 0.417. The number of aliphatic hydroxyl groups is 1. The van der Waals surface area contributed by atoms with Gasteiger partial charge in [-0.2, -0.15) is 5.26 Å². The van der Waals surface area contributed by atoms with E-state index in [2.05, 4.69) is 15.4 Å². The predicted octanol–water partition coefficient (Wildman–Crippen LogP) is 0.872. The fourth-order valence-corrected chi connectivity index (χ4v) is 3.06. The van der Waals surface area contributed by atoms with E-state index in [0.717, 1.165) is 17.6 Å². The summed E-state index contributed by atoms with van der Waals surface area (Å²) in [6.07, 6.45) is -0.949. The molecule has 1 aromatic rings. The Labute approximate surface area is 199 Å². The van der Waals surface area contributed by atoms with Crippen molar-refractivity contribution in [2.75, 3.05) is 26.8 Å². The lowest BCUT2D eigenvalue weighted by Crippen LogP contribution is -2.54. The van der Waals surface area contributed by atoms with Crippen LogP contribution in [-0.4, -0.2) is 72.3 Å². The number of ether oxygens (including phenoxy) is 2. The van der Waals surface area contributed by atoms with Gasteiger partial charge in [0.2, 0.25) is 11.8 Å². The monoisotopic (exact) mass is 476 g/mol. The third-order valence-electron chi connectivity index (χ3n) is 4.83. The molecule has 0 aliphatic carbocycles. The summed E-state index contributed by atoms with van der Waals surface area (Å²) in [5.41, 5.74) is 1.09. The molecule has 3 amide bonds. The Morgan fingerprint density at radius 1 is 1.21 bits per heavy atom. The Bertz CT molecular complexity index is 950. The van der Waals surface area contributed by atoms with Gasteiger partial charge in [-0.25, -0.2) is 4.79 Å². The molecule has 0 aromatic heterocycles. The highest BCUT2D eigenvalue weighted by Gasteiger charge is 2.37. The van der Waals surface area contributed by atoms with E-state index in [1.54, 1.807) is 39.8 Å². The van der Waals surface area contributed by atoms with Crippen molar-refractivity contribution in [3.8, 4) is 6.07 Å². The summed E-state index contributed by atoms with van der Waals surface area (Å²) in [7, 11) is 1.16. The van der Waals surface area contributed by atoms with Crippen molar-refractivity contribution in [1.29, 1.82) is 5.26 Å². The fourth-order valence-electron chi connectivity index (χ4n) is 3.06. The number of nitrogens with one attached hydrogen (secondary N) is 2. The van der Waals surface area contributed by atoms with Gasteiger partial charge >= 0.3 is 12.1 Å². The second kappa shape index (κ2) is 12.6. The van der Waals surface area contributed by atoms with E-state index in [0.29, 0.717) is 11.1 Å². The second-order valence-electron chi connectivity index (χ2n) is 8.49. The zero-order valence-corrected chi connectivity index (χ0v) is 20.3. The van der Waals surface area contributed by atoms with Crippen LogP contribution in [0.5, 0.6) is 0 Å². The topological polar surface area (TPSA) is 158 Å². The summed E-state index contributed by atoms with van der Waals surface area (Å²) in [5, 5.41) is 23.9. The summed E-state index contributed by atoms with van der Waals surface area (Å²) in [6, 6.07) is 4.16. The van der Waals surface area contributed by atoms with Gasteiger partial charge in [0.05, 0.1) is 19.8 Å². The van der Waals surface area contributed by atoms with Crippen molar-refractivity contribution in [1.82, 2.24) is 15.5 Å². The molecule has 0 saturated heterocycles. The van der Waals surface area contributed by atoms with Gasteiger partial charge < -0.3 is 30.1 Å². The lowest BCUT2D eigenvalue weighted by molar-refractivity contribution is -0.144. The van der Waals surface area contributed by atoms with E-state index < -0.39 is 61.3 Å². The first-order valence-corrected chi connectivity index (χ1v) is 10.5. The number of nitrogens with zero attached hydrogens (tertiary/aromatic N) is 2. The first-order chi connectivity index (χ1) is 15.9. The molecule has 2 unspecified atom stereocenters. The largest absolute Gasteiger partial charge is 0.468 e. The van der Waals surface area contributed by atoms with E-state index in [1.165, 1.54) is 0 Å². The van der Waals surface area contributed by atoms with Crippen LogP contribution < -0.4 is 10.6 Å². The molecular weight excluding hydrogens is 444 g/mol. The van der Waals surface area contributed by atoms with E-state index in [9.17, 15) is 29.5 Å². The molecule has 186 valence electrons. The number of methoxy groups -OCH3 is 1. The molecule has 0 aliphatic heterocycles. The molecule has 0 saturated carbocycles. The van der Waals surface area contributed by atoms with Crippen LogP contribution in [0.3, 0.4) is 0 Å². The van der Waals surface area contributed by atoms with Crippen LogP contribution in [-0.2, 0) is 23.9 Å². The number of rotatable bonds is 9. The number of alkyl carbamates (subject to hydrolysis) is 1. The number of benzene rings is 1. The normalized spacial score (nSPS) is 12.5. The summed E-state index contributed by atoms with van der Waals surface area (Å²) in [4.78, 5) is 51.2. The highest BCUT2D eigenvalue weighted by Crippen LogP contribution is 2.27. The molecule has 1 rings (SSSR count). The maximum atomic E-state index is 13.3. The number of hydrogen-bond acceptors (Lipinski definition) is 8. The van der Waals surface area contributed by atoms with Crippen molar-refractivity contribution in [2.45, 2.75) is 52.3 Å². The quantitative estimate of drug-likeness (QED) is 0.350. The van der Waals surface area contributed by atoms with Crippen LogP contribution in [0.4, 0.5) is 4.79 Å². The van der Waals surface area contributed by atoms with Gasteiger partial charge in [0.1, 0.15) is 30.8 Å². The van der Waals surface area contributed by atoms with E-state index in [1.807, 2.05) is 19.1 Å². The average molecular weight is 477 g/mol. The third-order valence-corrected chi connectivity index (χ3v) is 4.83. The molecule has 0 spiro atoms. The molecule has 0 fully saturated rings. The number of nitriles is 1. The molecule has 0 bridgehead atoms. The van der Waals surface area contributed by atoms with Crippen molar-refractivity contribution >= 4 is 23.9 Å². The molecule has 11 heteroatoms. The molecule has 0 radical (unpaired) electrons. The fraction of sp³-hybridized carbons (Fsp3) is 0.522. The lowest BCUT2D eigenvalue weighted by Gasteiger charge is -2.33. The number of hydrogen-bond donors (Lipinski definition) is 3. The highest BCUT2D eigenvalue weighted by atomic mass is 16.6. The number of aliphatic hydroxyl groups excluding tert-OH is 1. The minimum atomic E-state index is -1.48. The van der Waals surface area contributed by atoms with Gasteiger partial charge in [0, 0.05) is 0 Å². The Kier molecular flexibility index (Phi) is 10.5. The van der Waals surface area contributed by atoms with Crippen LogP contribution in [0.1, 0.15) is 43.5 Å². The molecule has 11 nitrogen and oxygen atoms in total. The van der Waals surface area contributed by atoms with E-state index in [4.69, 9.17) is 4.74 Å². The number of carbonyl (C=O) groups excluding carboxylic acids is 4. The standard InChI is InChI=1S/C23H32N4O7/c1-14-8-7-9-16(15(14)2)19(20(30)25-12-18(29)33-6)27(11-10-24)21(31)17(13-28)26-22(32)34-23(3,4)5/h7-9,17,19,28H,11-13H2,1-6H3,(H,25,30)(H,26,32). The molecule has 2 atom stereocenters. The minimum Gasteiger partial charge on any atom is -0.468 e. The SMILES string of the molecule is COC(=O)CNC(=O)C(c1cccc(C)c1C)N(CC#N)C(=O)C(CO)NC(=O)OC(C)(C)C. The average Bonchev–Trinajstić information content (AvgIpc) is 2.76. The highest BCUT2D eigenvalue weighted by molar-refractivity contribution is 5.93. The Morgan fingerprint density at radius 3 is 2.38 bits per heavy atom. The summed E-state index contributed by atoms with van der Waals surface area (Å²) >= 11 is 0. The van der Waals surface area contributed by atoms with Crippen LogP contribution >= 0.6 is 0 Å². The smallest absolute Gasteiger partial charge is 0.408 e. The predicted molar refractivity (Wildman–Crippen MR) is 121 cm³/mol. The van der Waals surface area contributed by atoms with Gasteiger partial charge in [-0.3, -0.25) is 14.4 Å². The Morgan fingerprint density at radius 2 is 1.85 bits per heavy atom. The maximum Gasteiger partial charge on any atom is 0.408 e. The van der Waals surface area contributed by atoms with Crippen LogP contribution in [0.2, 0.25) is 0 Å². The molecule has 3 N–H and O–H groups in total. The second-order valence-corrected chi connectivity index (χ2v) is 8.49. The first kappa shape index (κ1) is 28.4. The van der Waals surface area contributed by atoms with Crippen LogP contribution in [0, 0.1) is 25.2 Å². The van der Waals surface area contributed by atoms with Crippen molar-refractivity contribution in [2.24, 2.45) is 0 Å². The van der Waals surface area contributed by atoms with Crippen molar-refractivity contribution in [3.63, 3.8) is 0 Å². The van der Waals surface area contributed by atoms with Gasteiger partial charge in [-0.1, -0.05) is 18.2 Å². The summed E-state index contributed by atoms with van der Waals surface area (Å²) < 4.78 is 9.68. The molecular formula is C23H32N4O7. The van der Waals surface area contributed by atoms with Gasteiger partial charge in [0.25, 0.3) is 0 Å². The number of carbonyl (C=O) groups is 4. The van der Waals surface area contributed by atoms with Gasteiger partial charge in [-0.15, -0.1) is 0 Å². The first-order valence-electron chi connectivity index (χ1n) is 10.5. The summed E-state index contributed by atoms with van der Waals surface area (Å²) in [5.74, 6) is -2.32. The molecule has 0 aliphatic rings.